The van der Waals surface area contributed by atoms with Crippen LogP contribution in [0.1, 0.15) is 84.5 Å². The van der Waals surface area contributed by atoms with Crippen LogP contribution in [0.3, 0.4) is 0 Å². The molecule has 0 radical (unpaired) electrons. The lowest BCUT2D eigenvalue weighted by atomic mass is 9.67. The number of rotatable bonds is 7. The Morgan fingerprint density at radius 1 is 1.17 bits per heavy atom. The van der Waals surface area contributed by atoms with Gasteiger partial charge >= 0.3 is 0 Å². The molecule has 9 nitrogen and oxygen atoms in total. The van der Waals surface area contributed by atoms with E-state index in [2.05, 4.69) is 39.6 Å². The molecule has 7 N–H and O–H groups in total. The number of nitrogens with two attached hydrogens (primary N) is 2. The van der Waals surface area contributed by atoms with Crippen LogP contribution in [0.15, 0.2) is 12.0 Å². The molecule has 0 spiro atoms. The summed E-state index contributed by atoms with van der Waals surface area (Å²) in [6.45, 7) is 7.93. The fraction of sp³-hybridized carbons (Fsp3) is 0.871. The maximum Gasteiger partial charge on any atom is 0.237 e. The minimum Gasteiger partial charge on any atom is -0.385 e. The zero-order valence-corrected chi connectivity index (χ0v) is 25.3. The van der Waals surface area contributed by atoms with Crippen LogP contribution in [0.5, 0.6) is 0 Å². The number of hydrogen-bond donors (Lipinski definition) is 5. The molecule has 5 rings (SSSR count). The van der Waals surface area contributed by atoms with Crippen molar-refractivity contribution in [2.45, 2.75) is 114 Å². The number of allylic oxidation sites excluding steroid dienone is 1. The molecular formula is C31H54FN7O2. The summed E-state index contributed by atoms with van der Waals surface area (Å²) < 4.78 is 14.5. The Hall–Kier alpha value is -1.75. The van der Waals surface area contributed by atoms with E-state index in [0.29, 0.717) is 25.4 Å². The molecule has 0 bridgehead atoms. The Morgan fingerprint density at radius 3 is 2.68 bits per heavy atom. The SMILES string of the molecule is CCC1C(C)CC/C(F)=C\NC1C(C(=O)NC1(C2CCCCC2)CNCCC1N1CC(=O)N2CCCC2C1)C(N)N. The summed E-state index contributed by atoms with van der Waals surface area (Å²) in [6, 6.07) is -0.0487. The summed E-state index contributed by atoms with van der Waals surface area (Å²) in [6.07, 6.45) is 11.1. The summed E-state index contributed by atoms with van der Waals surface area (Å²) in [5.74, 6) is -0.210. The van der Waals surface area contributed by atoms with E-state index < -0.39 is 17.6 Å². The molecule has 4 aliphatic heterocycles. The van der Waals surface area contributed by atoms with Crippen LogP contribution in [-0.4, -0.2) is 84.2 Å². The van der Waals surface area contributed by atoms with Gasteiger partial charge in [0, 0.05) is 50.4 Å². The van der Waals surface area contributed by atoms with Crippen molar-refractivity contribution in [1.82, 2.24) is 25.8 Å². The molecular weight excluding hydrogens is 521 g/mol. The second kappa shape index (κ2) is 13.3. The van der Waals surface area contributed by atoms with Crippen LogP contribution in [0, 0.1) is 23.7 Å². The normalized spacial score (nSPS) is 37.9. The van der Waals surface area contributed by atoms with Gasteiger partial charge in [0.25, 0.3) is 0 Å². The number of nitrogens with one attached hydrogen (secondary N) is 3. The van der Waals surface area contributed by atoms with Crippen LogP contribution in [0.4, 0.5) is 4.39 Å². The molecule has 4 heterocycles. The van der Waals surface area contributed by atoms with Crippen LogP contribution in [-0.2, 0) is 9.59 Å². The summed E-state index contributed by atoms with van der Waals surface area (Å²) in [5, 5.41) is 10.5. The van der Waals surface area contributed by atoms with Gasteiger partial charge in [0.15, 0.2) is 0 Å². The van der Waals surface area contributed by atoms with E-state index in [4.69, 9.17) is 11.5 Å². The molecule has 4 fully saturated rings. The smallest absolute Gasteiger partial charge is 0.237 e. The van der Waals surface area contributed by atoms with Crippen LogP contribution >= 0.6 is 0 Å². The van der Waals surface area contributed by atoms with Gasteiger partial charge in [-0.2, -0.15) is 0 Å². The Bertz CT molecular complexity index is 957. The van der Waals surface area contributed by atoms with E-state index in [-0.39, 0.29) is 47.6 Å². The lowest BCUT2D eigenvalue weighted by Crippen LogP contribution is -2.76. The van der Waals surface area contributed by atoms with Crippen LogP contribution in [0.25, 0.3) is 0 Å². The molecule has 1 saturated carbocycles. The van der Waals surface area contributed by atoms with E-state index in [1.54, 1.807) is 0 Å². The van der Waals surface area contributed by atoms with Crippen LogP contribution < -0.4 is 27.4 Å². The van der Waals surface area contributed by atoms with E-state index in [9.17, 15) is 14.0 Å². The third kappa shape index (κ3) is 6.31. The second-order valence-corrected chi connectivity index (χ2v) is 13.6. The molecule has 10 heteroatoms. The molecule has 5 aliphatic rings. The Labute approximate surface area is 245 Å². The van der Waals surface area contributed by atoms with Crippen molar-refractivity contribution in [2.75, 3.05) is 32.7 Å². The number of carbonyl (C=O) groups is 2. The molecule has 232 valence electrons. The first-order valence-electron chi connectivity index (χ1n) is 16.4. The molecule has 0 aromatic rings. The monoisotopic (exact) mass is 575 g/mol. The zero-order valence-electron chi connectivity index (χ0n) is 25.3. The predicted molar refractivity (Wildman–Crippen MR) is 159 cm³/mol. The maximum atomic E-state index is 14.6. The van der Waals surface area contributed by atoms with Crippen molar-refractivity contribution in [3.8, 4) is 0 Å². The van der Waals surface area contributed by atoms with E-state index >= 15 is 0 Å². The molecule has 7 unspecified atom stereocenters. The number of piperazine rings is 1. The van der Waals surface area contributed by atoms with Crippen molar-refractivity contribution in [1.29, 1.82) is 0 Å². The van der Waals surface area contributed by atoms with Gasteiger partial charge in [-0.05, 0) is 62.8 Å². The standard InChI is InChI=1S/C31H54FN7O2/c1-3-24-20(2)11-12-22(32)16-36-28(24)27(29(33)34)30(41)37-31(21-8-5-4-6-9-21)19-35-14-13-25(31)38-17-23-10-7-15-39(23)26(40)18-38/h16,20-21,23-25,27-29,35-36H,3-15,17-19,33-34H2,1-2H3,(H,37,41)/b22-16+. The number of carbonyl (C=O) groups excluding carboxylic acids is 2. The molecule has 7 atom stereocenters. The van der Waals surface area contributed by atoms with E-state index in [0.717, 1.165) is 77.4 Å². The lowest BCUT2D eigenvalue weighted by Gasteiger charge is -2.56. The first kappa shape index (κ1) is 30.7. The topological polar surface area (TPSA) is 129 Å². The highest BCUT2D eigenvalue weighted by atomic mass is 19.1. The Morgan fingerprint density at radius 2 is 1.95 bits per heavy atom. The number of hydrogen-bond acceptors (Lipinski definition) is 7. The summed E-state index contributed by atoms with van der Waals surface area (Å²) in [5.41, 5.74) is 12.3. The van der Waals surface area contributed by atoms with Crippen molar-refractivity contribution in [2.24, 2.45) is 35.1 Å². The highest BCUT2D eigenvalue weighted by Gasteiger charge is 2.53. The molecule has 0 aromatic carbocycles. The van der Waals surface area contributed by atoms with Crippen molar-refractivity contribution in [3.63, 3.8) is 0 Å². The minimum absolute atomic E-state index is 0.0562. The van der Waals surface area contributed by atoms with Gasteiger partial charge in [-0.25, -0.2) is 4.39 Å². The van der Waals surface area contributed by atoms with Gasteiger partial charge in [-0.3, -0.25) is 14.5 Å². The number of halogens is 1. The molecule has 1 aliphatic carbocycles. The Balaban J connectivity index is 1.47. The molecule has 3 saturated heterocycles. The molecule has 41 heavy (non-hydrogen) atoms. The highest BCUT2D eigenvalue weighted by Crippen LogP contribution is 2.41. The summed E-state index contributed by atoms with van der Waals surface area (Å²) in [7, 11) is 0. The average Bonchev–Trinajstić information content (AvgIpc) is 3.44. The van der Waals surface area contributed by atoms with Gasteiger partial charge in [0.2, 0.25) is 11.8 Å². The van der Waals surface area contributed by atoms with Gasteiger partial charge in [0.05, 0.1) is 24.2 Å². The number of piperidine rings is 1. The summed E-state index contributed by atoms with van der Waals surface area (Å²) >= 11 is 0. The van der Waals surface area contributed by atoms with Gasteiger partial charge in [-0.15, -0.1) is 0 Å². The fourth-order valence-corrected chi connectivity index (χ4v) is 9.10. The second-order valence-electron chi connectivity index (χ2n) is 13.6. The number of amides is 2. The lowest BCUT2D eigenvalue weighted by molar-refractivity contribution is -0.142. The number of nitrogens with zero attached hydrogens (tertiary/aromatic N) is 2. The molecule has 0 aromatic heterocycles. The van der Waals surface area contributed by atoms with Crippen molar-refractivity contribution < 1.29 is 14.0 Å². The van der Waals surface area contributed by atoms with Crippen LogP contribution in [0.2, 0.25) is 0 Å². The molecule has 2 amide bonds. The van der Waals surface area contributed by atoms with E-state index in [1.165, 1.54) is 12.6 Å². The quantitative estimate of drug-likeness (QED) is 0.294. The van der Waals surface area contributed by atoms with E-state index in [1.807, 2.05) is 0 Å². The third-order valence-electron chi connectivity index (χ3n) is 11.3. The van der Waals surface area contributed by atoms with Gasteiger partial charge in [0.1, 0.15) is 5.83 Å². The first-order valence-corrected chi connectivity index (χ1v) is 16.4. The zero-order chi connectivity index (χ0) is 29.1. The fourth-order valence-electron chi connectivity index (χ4n) is 9.10. The average molecular weight is 576 g/mol. The maximum absolute atomic E-state index is 14.6. The third-order valence-corrected chi connectivity index (χ3v) is 11.3. The minimum atomic E-state index is -0.897. The largest absolute Gasteiger partial charge is 0.385 e. The summed E-state index contributed by atoms with van der Waals surface area (Å²) in [4.78, 5) is 32.3. The predicted octanol–water partition coefficient (Wildman–Crippen LogP) is 2.18. The number of fused-ring (bicyclic) bond motifs is 1. The Kier molecular flexibility index (Phi) is 9.93. The highest BCUT2D eigenvalue weighted by molar-refractivity contribution is 5.82. The van der Waals surface area contributed by atoms with Gasteiger partial charge in [-0.1, -0.05) is 39.5 Å². The first-order chi connectivity index (χ1) is 19.7. The van der Waals surface area contributed by atoms with Crippen molar-refractivity contribution in [3.05, 3.63) is 12.0 Å². The van der Waals surface area contributed by atoms with Gasteiger partial charge < -0.3 is 32.3 Å². The van der Waals surface area contributed by atoms with Crippen molar-refractivity contribution >= 4 is 11.8 Å².